The van der Waals surface area contributed by atoms with Crippen LogP contribution in [0.2, 0.25) is 0 Å². The zero-order chi connectivity index (χ0) is 12.3. The molecule has 0 unspecified atom stereocenters. The lowest BCUT2D eigenvalue weighted by Gasteiger charge is -2.19. The second kappa shape index (κ2) is 4.78. The molecule has 5 nitrogen and oxygen atoms in total. The van der Waals surface area contributed by atoms with E-state index < -0.39 is 0 Å². The molecule has 90 valence electrons. The number of nitrogen functional groups attached to an aromatic ring is 1. The Morgan fingerprint density at radius 3 is 2.88 bits per heavy atom. The van der Waals surface area contributed by atoms with Crippen molar-refractivity contribution in [3.8, 4) is 5.75 Å². The third-order valence-corrected chi connectivity index (χ3v) is 2.60. The first-order chi connectivity index (χ1) is 8.15. The number of aromatic nitrogens is 2. The predicted molar refractivity (Wildman–Crippen MR) is 68.0 cm³/mol. The van der Waals surface area contributed by atoms with E-state index in [0.29, 0.717) is 5.82 Å². The van der Waals surface area contributed by atoms with Gasteiger partial charge in [0.1, 0.15) is 11.6 Å². The van der Waals surface area contributed by atoms with Crippen molar-refractivity contribution in [2.24, 2.45) is 0 Å². The number of rotatable bonds is 4. The van der Waals surface area contributed by atoms with Crippen LogP contribution >= 0.6 is 0 Å². The lowest BCUT2D eigenvalue weighted by molar-refractivity contribution is 0.475. The fourth-order valence-electron chi connectivity index (χ4n) is 1.61. The quantitative estimate of drug-likeness (QED) is 0.834. The molecule has 0 spiro atoms. The maximum atomic E-state index is 9.39. The molecule has 2 aromatic rings. The number of phenolic OH excluding ortho intramolecular Hbond substituents is 1. The molecule has 1 aromatic carbocycles. The van der Waals surface area contributed by atoms with Gasteiger partial charge in [-0.3, -0.25) is 4.68 Å². The fourth-order valence-corrected chi connectivity index (χ4v) is 1.61. The summed E-state index contributed by atoms with van der Waals surface area (Å²) in [6, 6.07) is 8.95. The van der Waals surface area contributed by atoms with E-state index in [-0.39, 0.29) is 5.75 Å². The van der Waals surface area contributed by atoms with Crippen molar-refractivity contribution in [2.45, 2.75) is 6.54 Å². The van der Waals surface area contributed by atoms with Crippen LogP contribution in [0, 0.1) is 0 Å². The molecule has 0 radical (unpaired) electrons. The van der Waals surface area contributed by atoms with Crippen LogP contribution < -0.4 is 10.6 Å². The Morgan fingerprint density at radius 1 is 1.41 bits per heavy atom. The summed E-state index contributed by atoms with van der Waals surface area (Å²) in [7, 11) is 1.97. The Hall–Kier alpha value is -2.17. The topological polar surface area (TPSA) is 67.3 Å². The number of phenols is 1. The normalized spacial score (nSPS) is 10.4. The van der Waals surface area contributed by atoms with Crippen LogP contribution in [-0.2, 0) is 6.54 Å². The van der Waals surface area contributed by atoms with Crippen LogP contribution in [-0.4, -0.2) is 28.5 Å². The molecule has 0 saturated heterocycles. The summed E-state index contributed by atoms with van der Waals surface area (Å²) in [5.74, 6) is 0.808. The summed E-state index contributed by atoms with van der Waals surface area (Å²) in [5.41, 5.74) is 6.51. The van der Waals surface area contributed by atoms with Gasteiger partial charge in [0.05, 0.1) is 6.54 Å². The number of hydrogen-bond donors (Lipinski definition) is 2. The van der Waals surface area contributed by atoms with Crippen LogP contribution in [0.4, 0.5) is 11.5 Å². The number of benzene rings is 1. The molecule has 0 aliphatic heterocycles. The van der Waals surface area contributed by atoms with Crippen molar-refractivity contribution < 1.29 is 5.11 Å². The van der Waals surface area contributed by atoms with Gasteiger partial charge in [-0.2, -0.15) is 5.10 Å². The summed E-state index contributed by atoms with van der Waals surface area (Å²) in [5, 5.41) is 13.5. The first kappa shape index (κ1) is 11.3. The molecular weight excluding hydrogens is 216 g/mol. The first-order valence-corrected chi connectivity index (χ1v) is 5.44. The Balaban J connectivity index is 1.95. The molecule has 1 heterocycles. The average Bonchev–Trinajstić information content (AvgIpc) is 2.72. The third kappa shape index (κ3) is 2.90. The lowest BCUT2D eigenvalue weighted by Crippen LogP contribution is -2.22. The number of aromatic hydroxyl groups is 1. The Labute approximate surface area is 100 Å². The molecule has 0 amide bonds. The number of nitrogens with zero attached hydrogens (tertiary/aromatic N) is 3. The minimum atomic E-state index is 0.276. The second-order valence-electron chi connectivity index (χ2n) is 3.95. The maximum Gasteiger partial charge on any atom is 0.145 e. The molecule has 0 aliphatic carbocycles. The molecule has 5 heteroatoms. The Kier molecular flexibility index (Phi) is 3.18. The molecule has 1 aromatic heterocycles. The van der Waals surface area contributed by atoms with Crippen molar-refractivity contribution >= 4 is 11.5 Å². The molecule has 0 fully saturated rings. The van der Waals surface area contributed by atoms with Crippen LogP contribution in [0.15, 0.2) is 36.5 Å². The zero-order valence-electron chi connectivity index (χ0n) is 9.74. The molecule has 0 atom stereocenters. The van der Waals surface area contributed by atoms with E-state index in [9.17, 15) is 5.11 Å². The van der Waals surface area contributed by atoms with Crippen molar-refractivity contribution in [2.75, 3.05) is 24.2 Å². The van der Waals surface area contributed by atoms with Gasteiger partial charge in [-0.05, 0) is 18.2 Å². The smallest absolute Gasteiger partial charge is 0.145 e. The second-order valence-corrected chi connectivity index (χ2v) is 3.95. The average molecular weight is 232 g/mol. The minimum Gasteiger partial charge on any atom is -0.508 e. The summed E-state index contributed by atoms with van der Waals surface area (Å²) in [6.45, 7) is 1.55. The summed E-state index contributed by atoms with van der Waals surface area (Å²) in [6.07, 6.45) is 1.85. The van der Waals surface area contributed by atoms with E-state index in [4.69, 9.17) is 5.73 Å². The van der Waals surface area contributed by atoms with Gasteiger partial charge < -0.3 is 15.7 Å². The number of hydrogen-bond acceptors (Lipinski definition) is 4. The summed E-state index contributed by atoms with van der Waals surface area (Å²) in [4.78, 5) is 2.05. The fraction of sp³-hybridized carbons (Fsp3) is 0.250. The van der Waals surface area contributed by atoms with Gasteiger partial charge >= 0.3 is 0 Å². The van der Waals surface area contributed by atoms with E-state index in [1.165, 1.54) is 0 Å². The number of likely N-dealkylation sites (N-methyl/N-ethyl adjacent to an activating group) is 1. The summed E-state index contributed by atoms with van der Waals surface area (Å²) < 4.78 is 1.80. The standard InChI is InChI=1S/C12H16N4O/c1-15(10-3-2-4-11(17)9-10)7-8-16-6-5-12(13)14-16/h2-6,9,17H,7-8H2,1H3,(H2,13,14). The van der Waals surface area contributed by atoms with Crippen molar-refractivity contribution in [1.82, 2.24) is 9.78 Å². The van der Waals surface area contributed by atoms with Gasteiger partial charge in [0.15, 0.2) is 0 Å². The molecular formula is C12H16N4O. The predicted octanol–water partition coefficient (Wildman–Crippen LogP) is 1.31. The lowest BCUT2D eigenvalue weighted by atomic mass is 10.3. The van der Waals surface area contributed by atoms with E-state index in [1.54, 1.807) is 22.9 Å². The third-order valence-electron chi connectivity index (χ3n) is 2.60. The van der Waals surface area contributed by atoms with E-state index >= 15 is 0 Å². The first-order valence-electron chi connectivity index (χ1n) is 5.44. The summed E-state index contributed by atoms with van der Waals surface area (Å²) >= 11 is 0. The van der Waals surface area contributed by atoms with E-state index in [2.05, 4.69) is 10.00 Å². The van der Waals surface area contributed by atoms with Crippen LogP contribution in [0.1, 0.15) is 0 Å². The molecule has 2 rings (SSSR count). The molecule has 17 heavy (non-hydrogen) atoms. The van der Waals surface area contributed by atoms with Crippen LogP contribution in [0.5, 0.6) is 5.75 Å². The van der Waals surface area contributed by atoms with Gasteiger partial charge in [-0.25, -0.2) is 0 Å². The minimum absolute atomic E-state index is 0.276. The highest BCUT2D eigenvalue weighted by Gasteiger charge is 2.02. The maximum absolute atomic E-state index is 9.39. The van der Waals surface area contributed by atoms with Gasteiger partial charge in [0, 0.05) is 31.5 Å². The highest BCUT2D eigenvalue weighted by molar-refractivity contribution is 5.49. The number of anilines is 2. The molecule has 0 saturated carbocycles. The highest BCUT2D eigenvalue weighted by Crippen LogP contribution is 2.18. The van der Waals surface area contributed by atoms with Crippen molar-refractivity contribution in [3.63, 3.8) is 0 Å². The SMILES string of the molecule is CN(CCn1ccc(N)n1)c1cccc(O)c1. The van der Waals surface area contributed by atoms with Crippen LogP contribution in [0.3, 0.4) is 0 Å². The number of nitrogens with two attached hydrogens (primary N) is 1. The Morgan fingerprint density at radius 2 is 2.24 bits per heavy atom. The molecule has 0 bridgehead atoms. The monoisotopic (exact) mass is 232 g/mol. The van der Waals surface area contributed by atoms with Gasteiger partial charge in [0.2, 0.25) is 0 Å². The largest absolute Gasteiger partial charge is 0.508 e. The van der Waals surface area contributed by atoms with Crippen molar-refractivity contribution in [1.29, 1.82) is 0 Å². The van der Waals surface area contributed by atoms with Gasteiger partial charge in [0.25, 0.3) is 0 Å². The Bertz CT molecular complexity index is 495. The zero-order valence-corrected chi connectivity index (χ0v) is 9.74. The molecule has 3 N–H and O–H groups in total. The van der Waals surface area contributed by atoms with Gasteiger partial charge in [-0.15, -0.1) is 0 Å². The van der Waals surface area contributed by atoms with Crippen molar-refractivity contribution in [3.05, 3.63) is 36.5 Å². The van der Waals surface area contributed by atoms with E-state index in [0.717, 1.165) is 18.8 Å². The van der Waals surface area contributed by atoms with Crippen LogP contribution in [0.25, 0.3) is 0 Å². The van der Waals surface area contributed by atoms with E-state index in [1.807, 2.05) is 25.4 Å². The van der Waals surface area contributed by atoms with Gasteiger partial charge in [-0.1, -0.05) is 6.07 Å². The molecule has 0 aliphatic rings. The highest BCUT2D eigenvalue weighted by atomic mass is 16.3.